The van der Waals surface area contributed by atoms with Gasteiger partial charge in [-0.15, -0.1) is 0 Å². The van der Waals surface area contributed by atoms with Gasteiger partial charge in [0.2, 0.25) is 5.95 Å². The van der Waals surface area contributed by atoms with Crippen molar-refractivity contribution in [2.24, 2.45) is 0 Å². The van der Waals surface area contributed by atoms with Crippen molar-refractivity contribution in [3.63, 3.8) is 0 Å². The quantitative estimate of drug-likeness (QED) is 0.602. The molecule has 2 N–H and O–H groups in total. The average Bonchev–Trinajstić information content (AvgIpc) is 3.34. The van der Waals surface area contributed by atoms with Crippen LogP contribution < -0.4 is 10.2 Å². The van der Waals surface area contributed by atoms with E-state index < -0.39 is 5.60 Å². The van der Waals surface area contributed by atoms with Gasteiger partial charge in [0.1, 0.15) is 0 Å². The van der Waals surface area contributed by atoms with Crippen molar-refractivity contribution in [2.45, 2.75) is 50.7 Å². The first-order chi connectivity index (χ1) is 14.2. The molecule has 0 amide bonds. The summed E-state index contributed by atoms with van der Waals surface area (Å²) in [5, 5.41) is 19.9. The van der Waals surface area contributed by atoms with Gasteiger partial charge < -0.3 is 15.3 Å². The highest BCUT2D eigenvalue weighted by Gasteiger charge is 2.42. The van der Waals surface area contributed by atoms with Crippen molar-refractivity contribution in [3.8, 4) is 0 Å². The summed E-state index contributed by atoms with van der Waals surface area (Å²) in [6.45, 7) is 5.53. The molecule has 1 aromatic carbocycles. The van der Waals surface area contributed by atoms with Crippen LogP contribution in [0.25, 0.3) is 10.9 Å². The van der Waals surface area contributed by atoms with E-state index in [2.05, 4.69) is 32.2 Å². The Morgan fingerprint density at radius 2 is 1.80 bits per heavy atom. The first-order valence-electron chi connectivity index (χ1n) is 10.2. The SMILES string of the molecule is CC1(O)CCN(c2cc3nc(Nc4cnn(C5(C)CC5)c4Cl)ncc3cc2Cl)CC1. The van der Waals surface area contributed by atoms with Crippen LogP contribution in [0.15, 0.2) is 24.5 Å². The average molecular weight is 447 g/mol. The minimum Gasteiger partial charge on any atom is -0.390 e. The van der Waals surface area contributed by atoms with Gasteiger partial charge in [-0.3, -0.25) is 0 Å². The van der Waals surface area contributed by atoms with Gasteiger partial charge in [-0.2, -0.15) is 5.10 Å². The summed E-state index contributed by atoms with van der Waals surface area (Å²) in [7, 11) is 0. The van der Waals surface area contributed by atoms with Crippen LogP contribution in [-0.2, 0) is 5.54 Å². The zero-order chi connectivity index (χ0) is 21.1. The Bertz CT molecular complexity index is 1110. The molecular formula is C21H24Cl2N6O. The highest BCUT2D eigenvalue weighted by atomic mass is 35.5. The van der Waals surface area contributed by atoms with Gasteiger partial charge in [-0.05, 0) is 51.7 Å². The summed E-state index contributed by atoms with van der Waals surface area (Å²) in [5.41, 5.74) is 1.82. The normalized spacial score (nSPS) is 19.8. The number of hydrogen-bond donors (Lipinski definition) is 2. The van der Waals surface area contributed by atoms with Gasteiger partial charge in [-0.1, -0.05) is 23.2 Å². The number of halogens is 2. The van der Waals surface area contributed by atoms with Gasteiger partial charge in [0.25, 0.3) is 0 Å². The zero-order valence-electron chi connectivity index (χ0n) is 17.0. The van der Waals surface area contributed by atoms with Gasteiger partial charge in [0, 0.05) is 24.7 Å². The van der Waals surface area contributed by atoms with E-state index in [4.69, 9.17) is 23.2 Å². The summed E-state index contributed by atoms with van der Waals surface area (Å²) in [6, 6.07) is 3.88. The maximum Gasteiger partial charge on any atom is 0.227 e. The molecule has 158 valence electrons. The third-order valence-corrected chi connectivity index (χ3v) is 6.94. The molecular weight excluding hydrogens is 423 g/mol. The Kier molecular flexibility index (Phi) is 4.61. The largest absolute Gasteiger partial charge is 0.390 e. The molecule has 2 aromatic heterocycles. The van der Waals surface area contributed by atoms with Gasteiger partial charge in [0.05, 0.1) is 39.3 Å². The van der Waals surface area contributed by atoms with Crippen LogP contribution in [0.4, 0.5) is 17.3 Å². The number of aromatic nitrogens is 4. The van der Waals surface area contributed by atoms with E-state index in [0.29, 0.717) is 34.7 Å². The number of nitrogens with zero attached hydrogens (tertiary/aromatic N) is 5. The molecule has 1 saturated carbocycles. The Morgan fingerprint density at radius 1 is 1.07 bits per heavy atom. The predicted octanol–water partition coefficient (Wildman–Crippen LogP) is 4.74. The summed E-state index contributed by atoms with van der Waals surface area (Å²) < 4.78 is 1.86. The highest BCUT2D eigenvalue weighted by molar-refractivity contribution is 6.34. The molecule has 30 heavy (non-hydrogen) atoms. The van der Waals surface area contributed by atoms with Crippen molar-refractivity contribution in [1.82, 2.24) is 19.7 Å². The fraction of sp³-hybridized carbons (Fsp3) is 0.476. The first-order valence-corrected chi connectivity index (χ1v) is 10.9. The maximum atomic E-state index is 10.2. The third-order valence-electron chi connectivity index (χ3n) is 6.27. The number of rotatable bonds is 4. The molecule has 3 heterocycles. The van der Waals surface area contributed by atoms with Crippen LogP contribution in [-0.4, -0.2) is 43.5 Å². The van der Waals surface area contributed by atoms with E-state index in [0.717, 1.165) is 42.5 Å². The molecule has 2 aliphatic rings. The van der Waals surface area contributed by atoms with Crippen molar-refractivity contribution in [3.05, 3.63) is 34.7 Å². The summed E-state index contributed by atoms with van der Waals surface area (Å²) >= 11 is 13.1. The second kappa shape index (κ2) is 6.97. The molecule has 9 heteroatoms. The van der Waals surface area contributed by atoms with Crippen LogP contribution in [0.2, 0.25) is 10.2 Å². The van der Waals surface area contributed by atoms with Crippen LogP contribution in [0.5, 0.6) is 0 Å². The second-order valence-corrected chi connectivity index (χ2v) is 9.69. The zero-order valence-corrected chi connectivity index (χ0v) is 18.5. The second-order valence-electron chi connectivity index (χ2n) is 8.92. The third kappa shape index (κ3) is 3.59. The molecule has 0 atom stereocenters. The minimum atomic E-state index is -0.611. The summed E-state index contributed by atoms with van der Waals surface area (Å²) in [6.07, 6.45) is 7.04. The molecule has 0 bridgehead atoms. The molecule has 0 radical (unpaired) electrons. The van der Waals surface area contributed by atoms with E-state index >= 15 is 0 Å². The Hall–Kier alpha value is -2.09. The topological polar surface area (TPSA) is 79.1 Å². The number of benzene rings is 1. The number of aliphatic hydroxyl groups is 1. The molecule has 3 aromatic rings. The van der Waals surface area contributed by atoms with E-state index in [1.807, 2.05) is 23.7 Å². The number of fused-ring (bicyclic) bond motifs is 1. The van der Waals surface area contributed by atoms with Crippen LogP contribution in [0.3, 0.4) is 0 Å². The molecule has 0 unspecified atom stereocenters. The first kappa shape index (κ1) is 19.8. The van der Waals surface area contributed by atoms with Gasteiger partial charge in [-0.25, -0.2) is 14.6 Å². The fourth-order valence-corrected chi connectivity index (χ4v) is 4.51. The maximum absolute atomic E-state index is 10.2. The highest BCUT2D eigenvalue weighted by Crippen LogP contribution is 2.45. The van der Waals surface area contributed by atoms with Crippen molar-refractivity contribution in [2.75, 3.05) is 23.3 Å². The Balaban J connectivity index is 1.43. The number of piperidine rings is 1. The lowest BCUT2D eigenvalue weighted by Gasteiger charge is -2.37. The number of nitrogens with one attached hydrogen (secondary N) is 1. The van der Waals surface area contributed by atoms with Gasteiger partial charge in [0.15, 0.2) is 5.15 Å². The van der Waals surface area contributed by atoms with Crippen LogP contribution in [0, 0.1) is 0 Å². The molecule has 2 fully saturated rings. The molecule has 1 aliphatic heterocycles. The molecule has 1 saturated heterocycles. The number of hydrogen-bond acceptors (Lipinski definition) is 6. The lowest BCUT2D eigenvalue weighted by atomic mass is 9.93. The summed E-state index contributed by atoms with van der Waals surface area (Å²) in [5.74, 6) is 0.458. The Labute approximate surface area is 185 Å². The molecule has 0 spiro atoms. The molecule has 7 nitrogen and oxygen atoms in total. The fourth-order valence-electron chi connectivity index (χ4n) is 3.88. The number of anilines is 3. The van der Waals surface area contributed by atoms with E-state index in [9.17, 15) is 5.11 Å². The minimum absolute atomic E-state index is 0.0198. The van der Waals surface area contributed by atoms with Crippen LogP contribution >= 0.6 is 23.2 Å². The van der Waals surface area contributed by atoms with E-state index in [1.54, 1.807) is 12.4 Å². The Morgan fingerprint density at radius 3 is 2.50 bits per heavy atom. The summed E-state index contributed by atoms with van der Waals surface area (Å²) in [4.78, 5) is 11.3. The standard InChI is InChI=1S/C21H24Cl2N6O/c1-20(3-4-20)29-18(23)16(12-25-29)27-19-24-11-13-9-14(22)17(10-15(13)26-19)28-7-5-21(2,30)6-8-28/h9-12,30H,3-8H2,1-2H3,(H,24,26,27). The predicted molar refractivity (Wildman–Crippen MR) is 120 cm³/mol. The van der Waals surface area contributed by atoms with Crippen LogP contribution in [0.1, 0.15) is 39.5 Å². The monoisotopic (exact) mass is 446 g/mol. The van der Waals surface area contributed by atoms with Crippen molar-refractivity contribution < 1.29 is 5.11 Å². The van der Waals surface area contributed by atoms with Gasteiger partial charge >= 0.3 is 0 Å². The van der Waals surface area contributed by atoms with Crippen molar-refractivity contribution in [1.29, 1.82) is 0 Å². The lowest BCUT2D eigenvalue weighted by molar-refractivity contribution is 0.0351. The molecule has 1 aliphatic carbocycles. The van der Waals surface area contributed by atoms with Crippen molar-refractivity contribution >= 4 is 51.4 Å². The van der Waals surface area contributed by atoms with E-state index in [-0.39, 0.29) is 5.54 Å². The molecule has 5 rings (SSSR count). The lowest BCUT2D eigenvalue weighted by Crippen LogP contribution is -2.42. The van der Waals surface area contributed by atoms with E-state index in [1.165, 1.54) is 0 Å². The smallest absolute Gasteiger partial charge is 0.227 e.